The van der Waals surface area contributed by atoms with Crippen LogP contribution in [0.4, 0.5) is 5.95 Å². The Morgan fingerprint density at radius 2 is 2.00 bits per heavy atom. The third kappa shape index (κ3) is 4.21. The van der Waals surface area contributed by atoms with Crippen molar-refractivity contribution in [2.75, 3.05) is 18.4 Å². The van der Waals surface area contributed by atoms with Crippen molar-refractivity contribution in [2.45, 2.75) is 39.3 Å². The van der Waals surface area contributed by atoms with E-state index in [4.69, 9.17) is 31.9 Å². The number of hydrogen-bond donors (Lipinski definition) is 3. The normalized spacial score (nSPS) is 22.4. The van der Waals surface area contributed by atoms with Crippen LogP contribution in [0.1, 0.15) is 33.2 Å². The number of fused-ring (bicyclic) bond motifs is 2. The number of ether oxygens (including phenoxy) is 2. The molecule has 3 heterocycles. The Kier molecular flexibility index (Phi) is 5.55. The van der Waals surface area contributed by atoms with Crippen LogP contribution in [0.15, 0.2) is 24.3 Å². The molecule has 0 spiro atoms. The van der Waals surface area contributed by atoms with Gasteiger partial charge in [0.25, 0.3) is 6.02 Å². The molecule has 30 heavy (non-hydrogen) atoms. The maximum absolute atomic E-state index is 8.00. The largest absolute Gasteiger partial charge is 0.424 e. The summed E-state index contributed by atoms with van der Waals surface area (Å²) in [6.07, 6.45) is 1.10. The summed E-state index contributed by atoms with van der Waals surface area (Å²) < 4.78 is 12.8. The van der Waals surface area contributed by atoms with Crippen molar-refractivity contribution >= 4 is 29.5 Å². The van der Waals surface area contributed by atoms with Gasteiger partial charge in [-0.25, -0.2) is 4.68 Å². The van der Waals surface area contributed by atoms with Crippen LogP contribution in [0.5, 0.6) is 11.8 Å². The summed E-state index contributed by atoms with van der Waals surface area (Å²) >= 11 is 6.06. The fourth-order valence-corrected chi connectivity index (χ4v) is 4.24. The monoisotopic (exact) mass is 431 g/mol. The number of nitrogens with zero attached hydrogens (tertiary/aromatic N) is 4. The molecule has 2 aromatic rings. The number of piperidine rings is 2. The molecule has 0 unspecified atom stereocenters. The van der Waals surface area contributed by atoms with Crippen LogP contribution in [0.3, 0.4) is 0 Å². The minimum Gasteiger partial charge on any atom is -0.424 e. The zero-order valence-corrected chi connectivity index (χ0v) is 18.0. The molecule has 3 N–H and O–H groups in total. The lowest BCUT2D eigenvalue weighted by atomic mass is 9.66. The molecule has 3 atom stereocenters. The molecule has 1 aromatic heterocycles. The molecule has 1 saturated carbocycles. The number of aromatic nitrogens is 3. The van der Waals surface area contributed by atoms with Crippen LogP contribution in [0, 0.1) is 22.7 Å². The predicted octanol–water partition coefficient (Wildman–Crippen LogP) is 3.99. The summed E-state index contributed by atoms with van der Waals surface area (Å²) in [4.78, 5) is 6.46. The number of rotatable bonds is 5. The second-order valence-corrected chi connectivity index (χ2v) is 8.55. The zero-order valence-electron chi connectivity index (χ0n) is 17.2. The van der Waals surface area contributed by atoms with Crippen molar-refractivity contribution < 1.29 is 9.47 Å². The highest BCUT2D eigenvalue weighted by Crippen LogP contribution is 2.42. The Morgan fingerprint density at radius 1 is 1.27 bits per heavy atom. The van der Waals surface area contributed by atoms with Crippen LogP contribution in [-0.4, -0.2) is 50.7 Å². The van der Waals surface area contributed by atoms with E-state index in [0.29, 0.717) is 34.6 Å². The third-order valence-corrected chi connectivity index (χ3v) is 5.69. The molecular formula is C20H26ClN7O2. The average Bonchev–Trinajstić information content (AvgIpc) is 3.08. The van der Waals surface area contributed by atoms with Gasteiger partial charge in [-0.3, -0.25) is 10.8 Å². The molecule has 2 aliphatic heterocycles. The van der Waals surface area contributed by atoms with Crippen LogP contribution in [0.25, 0.3) is 0 Å². The maximum atomic E-state index is 8.00. The highest BCUT2D eigenvalue weighted by Gasteiger charge is 2.48. The first-order chi connectivity index (χ1) is 14.3. The van der Waals surface area contributed by atoms with Gasteiger partial charge in [-0.05, 0) is 50.3 Å². The fraction of sp³-hybridized carbons (Fsp3) is 0.500. The molecule has 5 rings (SSSR count). The third-order valence-electron chi connectivity index (χ3n) is 5.46. The Morgan fingerprint density at radius 3 is 2.63 bits per heavy atom. The van der Waals surface area contributed by atoms with E-state index in [0.717, 1.165) is 19.5 Å². The number of amidine groups is 1. The second kappa shape index (κ2) is 8.14. The number of anilines is 1. The van der Waals surface area contributed by atoms with E-state index in [-0.39, 0.29) is 24.0 Å². The van der Waals surface area contributed by atoms with Gasteiger partial charge in [-0.1, -0.05) is 17.7 Å². The van der Waals surface area contributed by atoms with Crippen LogP contribution >= 0.6 is 11.6 Å². The van der Waals surface area contributed by atoms with Gasteiger partial charge in [0, 0.05) is 31.1 Å². The smallest absolute Gasteiger partial charge is 0.322 e. The highest BCUT2D eigenvalue weighted by molar-refractivity contribution is 6.30. The number of halogens is 1. The summed E-state index contributed by atoms with van der Waals surface area (Å²) in [5.41, 5.74) is 0. The second-order valence-electron chi connectivity index (χ2n) is 8.11. The fourth-order valence-electron chi connectivity index (χ4n) is 4.06. The zero-order chi connectivity index (χ0) is 21.4. The molecule has 0 amide bonds. The number of benzene rings is 1. The molecule has 9 nitrogen and oxygen atoms in total. The van der Waals surface area contributed by atoms with E-state index in [1.807, 2.05) is 30.9 Å². The molecule has 1 aromatic carbocycles. The molecule has 3 aliphatic rings. The lowest BCUT2D eigenvalue weighted by Crippen LogP contribution is -2.62. The van der Waals surface area contributed by atoms with Crippen molar-refractivity contribution in [2.24, 2.45) is 11.8 Å². The summed E-state index contributed by atoms with van der Waals surface area (Å²) in [7, 11) is 0. The summed E-state index contributed by atoms with van der Waals surface area (Å²) in [6, 6.07) is 7.99. The summed E-state index contributed by atoms with van der Waals surface area (Å²) in [6.45, 7) is 7.02. The molecule has 1 aliphatic carbocycles. The van der Waals surface area contributed by atoms with Gasteiger partial charge < -0.3 is 19.7 Å². The molecule has 2 bridgehead atoms. The van der Waals surface area contributed by atoms with E-state index in [9.17, 15) is 0 Å². The van der Waals surface area contributed by atoms with Crippen molar-refractivity contribution in [1.29, 1.82) is 10.8 Å². The Hall–Kier alpha value is -2.81. The Bertz CT molecular complexity index is 948. The van der Waals surface area contributed by atoms with Gasteiger partial charge in [0.05, 0.1) is 6.04 Å². The van der Waals surface area contributed by atoms with Gasteiger partial charge >= 0.3 is 6.01 Å². The summed E-state index contributed by atoms with van der Waals surface area (Å²) in [5.74, 6) is 1.93. The van der Waals surface area contributed by atoms with Crippen molar-refractivity contribution in [3.8, 4) is 11.8 Å². The van der Waals surface area contributed by atoms with Crippen molar-refractivity contribution in [1.82, 2.24) is 19.7 Å². The van der Waals surface area contributed by atoms with Gasteiger partial charge in [0.1, 0.15) is 5.75 Å². The van der Waals surface area contributed by atoms with E-state index in [1.54, 1.807) is 16.8 Å². The lowest BCUT2D eigenvalue weighted by molar-refractivity contribution is 0.0401. The Labute approximate surface area is 180 Å². The lowest BCUT2D eigenvalue weighted by Gasteiger charge is -2.53. The van der Waals surface area contributed by atoms with Gasteiger partial charge in [-0.15, -0.1) is 5.10 Å². The minimum absolute atomic E-state index is 0.0320. The molecule has 160 valence electrons. The predicted molar refractivity (Wildman–Crippen MR) is 115 cm³/mol. The van der Waals surface area contributed by atoms with Crippen molar-refractivity contribution in [3.05, 3.63) is 29.3 Å². The first-order valence-electron chi connectivity index (χ1n) is 10.0. The van der Waals surface area contributed by atoms with Crippen LogP contribution in [0.2, 0.25) is 5.02 Å². The van der Waals surface area contributed by atoms with E-state index in [2.05, 4.69) is 15.4 Å². The molecule has 0 radical (unpaired) electrons. The van der Waals surface area contributed by atoms with E-state index >= 15 is 0 Å². The quantitative estimate of drug-likeness (QED) is 0.487. The van der Waals surface area contributed by atoms with Crippen LogP contribution in [-0.2, 0) is 4.74 Å². The number of nitrogens with one attached hydrogen (secondary N) is 3. The van der Waals surface area contributed by atoms with Crippen molar-refractivity contribution in [3.63, 3.8) is 0 Å². The molecular weight excluding hydrogens is 406 g/mol. The van der Waals surface area contributed by atoms with Crippen LogP contribution < -0.4 is 10.1 Å². The maximum Gasteiger partial charge on any atom is 0.322 e. The first kappa shape index (κ1) is 20.5. The molecule has 2 saturated heterocycles. The van der Waals surface area contributed by atoms with Gasteiger partial charge in [0.2, 0.25) is 5.95 Å². The summed E-state index contributed by atoms with van der Waals surface area (Å²) in [5, 5.41) is 24.1. The van der Waals surface area contributed by atoms with Gasteiger partial charge in [0.15, 0.2) is 5.90 Å². The highest BCUT2D eigenvalue weighted by atomic mass is 35.5. The Balaban J connectivity index is 1.43. The molecule has 3 fully saturated rings. The first-order valence-corrected chi connectivity index (χ1v) is 10.4. The van der Waals surface area contributed by atoms with E-state index < -0.39 is 0 Å². The van der Waals surface area contributed by atoms with Gasteiger partial charge in [-0.2, -0.15) is 4.98 Å². The minimum atomic E-state index is 0.0320. The van der Waals surface area contributed by atoms with E-state index in [1.165, 1.54) is 6.92 Å². The topological polar surface area (TPSA) is 112 Å². The standard InChI is InChI=1S/C20H26ClN7O2/c1-11(2)28-20(30-16-6-4-5-15(21)8-16)25-19(26-28)24-17-13-7-14(17)10-27(9-13)18(23)29-12(3)22/h4-6,8,11,13-14,17,22-23H,7,9-10H2,1-3H3,(H,24,26)/t13-,14+,17-. The SMILES string of the molecule is CC(=N)OC(=N)N1C[C@H]2C[C@@H](C1)[C@@H]2Nc1nc(Oc2cccc(Cl)c2)n(C(C)C)n1. The average molecular weight is 432 g/mol. The number of hydrogen-bond acceptors (Lipinski definition) is 7. The molecule has 10 heteroatoms.